The number of nitrogens with zero attached hydrogens (tertiary/aromatic N) is 1. The highest BCUT2D eigenvalue weighted by Crippen LogP contribution is 2.70. The van der Waals surface area contributed by atoms with Gasteiger partial charge in [0, 0.05) is 28.8 Å². The van der Waals surface area contributed by atoms with Crippen molar-refractivity contribution >= 4 is 39.9 Å². The smallest absolute Gasteiger partial charge is 0.195 e. The van der Waals surface area contributed by atoms with Crippen LogP contribution in [0.25, 0.3) is 0 Å². The third-order valence-corrected chi connectivity index (χ3v) is 10.7. The summed E-state index contributed by atoms with van der Waals surface area (Å²) in [4.78, 5) is 25.3. The highest BCUT2D eigenvalue weighted by atomic mass is 35.5. The molecule has 3 saturated carbocycles. The summed E-state index contributed by atoms with van der Waals surface area (Å²) >= 11 is 6.49. The van der Waals surface area contributed by atoms with Crippen LogP contribution in [-0.2, 0) is 9.59 Å². The van der Waals surface area contributed by atoms with E-state index >= 15 is 8.78 Å². The molecule has 0 aliphatic heterocycles. The van der Waals surface area contributed by atoms with Gasteiger partial charge in [0.25, 0.3) is 0 Å². The van der Waals surface area contributed by atoms with Crippen molar-refractivity contribution < 1.29 is 33.1 Å². The molecule has 5 nitrogen and oxygen atoms in total. The molecule has 0 unspecified atom stereocenters. The van der Waals surface area contributed by atoms with Crippen molar-refractivity contribution in [3.8, 4) is 0 Å². The van der Waals surface area contributed by atoms with Crippen molar-refractivity contribution in [2.75, 3.05) is 17.6 Å². The van der Waals surface area contributed by atoms with Crippen LogP contribution < -0.4 is 5.06 Å². The first-order chi connectivity index (χ1) is 17.9. The molecule has 206 valence electrons. The Balaban J connectivity index is 1.54. The molecule has 0 radical (unpaired) electrons. The lowest BCUT2D eigenvalue weighted by molar-refractivity contribution is -0.201. The molecule has 0 spiro atoms. The third-order valence-electron chi connectivity index (χ3n) is 9.78. The minimum atomic E-state index is -2.27. The van der Waals surface area contributed by atoms with E-state index in [9.17, 15) is 24.3 Å². The van der Waals surface area contributed by atoms with Gasteiger partial charge in [0.05, 0.1) is 11.8 Å². The molecule has 5 rings (SSSR count). The molecule has 38 heavy (non-hydrogen) atoms. The maximum Gasteiger partial charge on any atom is 0.195 e. The van der Waals surface area contributed by atoms with E-state index in [2.05, 4.69) is 0 Å². The van der Waals surface area contributed by atoms with Crippen LogP contribution in [0, 0.1) is 34.5 Å². The van der Waals surface area contributed by atoms with Crippen LogP contribution in [-0.4, -0.2) is 51.7 Å². The number of carbonyl (C=O) groups is 2. The van der Waals surface area contributed by atoms with Crippen LogP contribution in [0.5, 0.6) is 0 Å². The number of hydroxylamine groups is 1. The Morgan fingerprint density at radius 3 is 2.55 bits per heavy atom. The summed E-state index contributed by atoms with van der Waals surface area (Å²) in [6.45, 7) is 3.33. The van der Waals surface area contributed by atoms with Crippen LogP contribution in [0.15, 0.2) is 48.1 Å². The number of benzene rings is 1. The molecular weight excluding hydrogens is 539 g/mol. The average Bonchev–Trinajstić information content (AvgIpc) is 3.14. The van der Waals surface area contributed by atoms with E-state index in [4.69, 9.17) is 11.6 Å². The molecule has 0 heterocycles. The zero-order valence-electron chi connectivity index (χ0n) is 21.1. The molecule has 3 fully saturated rings. The van der Waals surface area contributed by atoms with Crippen LogP contribution in [0.4, 0.5) is 18.9 Å². The summed E-state index contributed by atoms with van der Waals surface area (Å²) < 4.78 is 46.3. The molecule has 2 N–H and O–H groups in total. The van der Waals surface area contributed by atoms with E-state index in [1.54, 1.807) is 31.2 Å². The van der Waals surface area contributed by atoms with Gasteiger partial charge in [-0.1, -0.05) is 36.4 Å². The third kappa shape index (κ3) is 3.99. The summed E-state index contributed by atoms with van der Waals surface area (Å²) in [6, 6.07) is 5.54. The van der Waals surface area contributed by atoms with Crippen molar-refractivity contribution in [1.29, 1.82) is 0 Å². The van der Waals surface area contributed by atoms with Gasteiger partial charge in [0.15, 0.2) is 16.6 Å². The number of hydrogen-bond acceptors (Lipinski definition) is 6. The van der Waals surface area contributed by atoms with Crippen molar-refractivity contribution in [2.45, 2.75) is 51.1 Å². The summed E-state index contributed by atoms with van der Waals surface area (Å²) in [5.74, 6) is -3.18. The lowest BCUT2D eigenvalue weighted by Crippen LogP contribution is -2.68. The average molecular weight is 570 g/mol. The normalized spacial score (nSPS) is 41.7. The maximum absolute atomic E-state index is 17.4. The molecule has 0 bridgehead atoms. The molecule has 4 aliphatic carbocycles. The summed E-state index contributed by atoms with van der Waals surface area (Å²) in [7, 11) is 0. The van der Waals surface area contributed by atoms with Gasteiger partial charge in [0.1, 0.15) is 12.2 Å². The van der Waals surface area contributed by atoms with Crippen molar-refractivity contribution in [3.05, 3.63) is 53.1 Å². The number of thioether (sulfide) groups is 1. The maximum atomic E-state index is 17.4. The molecular formula is C28H31ClF3NO4S. The lowest BCUT2D eigenvalue weighted by Gasteiger charge is -2.62. The number of rotatable bonds is 5. The molecule has 0 amide bonds. The van der Waals surface area contributed by atoms with Gasteiger partial charge in [-0.25, -0.2) is 13.2 Å². The molecule has 10 heteroatoms. The van der Waals surface area contributed by atoms with Gasteiger partial charge in [-0.15, -0.1) is 0 Å². The number of aliphatic hydroxyl groups excluding tert-OH is 1. The molecule has 1 aromatic rings. The number of hydrogen-bond donors (Lipinski definition) is 2. The first kappa shape index (κ1) is 27.7. The predicted molar refractivity (Wildman–Crippen MR) is 140 cm³/mol. The van der Waals surface area contributed by atoms with Crippen LogP contribution >= 0.6 is 23.4 Å². The second-order valence-corrected chi connectivity index (χ2v) is 12.9. The standard InChI is InChI=1S/C28H31ClF3NO4S/c1-26-12-23(35)28(32)20(11-22(31)21-10-18(34)7-8-27(21,28)2)19(26)9-15(24(26)25(36)38-14-30)13-33(37)17-5-3-16(29)4-6-17/h3-8,10,15,19-20,22-24,35,37H,9,11-14H2,1-2H3/t15-,19-,20-,22-,23-,24+,26-,27-,28-/m0/s1. The van der Waals surface area contributed by atoms with Crippen LogP contribution in [0.2, 0.25) is 5.02 Å². The number of anilines is 1. The van der Waals surface area contributed by atoms with E-state index in [-0.39, 0.29) is 31.4 Å². The number of ketones is 1. The van der Waals surface area contributed by atoms with Gasteiger partial charge in [-0.05, 0) is 85.4 Å². The minimum Gasteiger partial charge on any atom is -0.390 e. The van der Waals surface area contributed by atoms with Gasteiger partial charge < -0.3 is 5.11 Å². The summed E-state index contributed by atoms with van der Waals surface area (Å²) in [5, 5.41) is 23.4. The second-order valence-electron chi connectivity index (χ2n) is 11.6. The zero-order valence-corrected chi connectivity index (χ0v) is 22.7. The van der Waals surface area contributed by atoms with E-state index < -0.39 is 69.4 Å². The van der Waals surface area contributed by atoms with Crippen molar-refractivity contribution in [3.63, 3.8) is 0 Å². The molecule has 0 saturated heterocycles. The first-order valence-corrected chi connectivity index (χ1v) is 14.1. The number of carbonyl (C=O) groups excluding carboxylic acids is 2. The SMILES string of the molecule is C[C@]12C[C@H](O)[C@@]3(F)[C@@H](C[C@H](F)C4=CC(=O)C=C[C@@]43C)[C@@H]1C[C@@H](CN(O)c1ccc(Cl)cc1)[C@@H]2C(=O)SCF. The Morgan fingerprint density at radius 1 is 1.21 bits per heavy atom. The first-order valence-electron chi connectivity index (χ1n) is 12.8. The zero-order chi connectivity index (χ0) is 27.6. The number of fused-ring (bicyclic) bond motifs is 5. The Hall–Kier alpha value is -1.81. The Bertz CT molecular complexity index is 1200. The molecule has 1 aromatic carbocycles. The van der Waals surface area contributed by atoms with E-state index in [0.29, 0.717) is 22.5 Å². The number of alkyl halides is 3. The predicted octanol–water partition coefficient (Wildman–Crippen LogP) is 5.88. The second kappa shape index (κ2) is 9.68. The van der Waals surface area contributed by atoms with Gasteiger partial charge in [-0.3, -0.25) is 19.9 Å². The van der Waals surface area contributed by atoms with Crippen molar-refractivity contribution in [2.24, 2.45) is 34.5 Å². The topological polar surface area (TPSA) is 77.8 Å². The van der Waals surface area contributed by atoms with E-state index in [0.717, 1.165) is 11.1 Å². The Kier molecular flexibility index (Phi) is 7.07. The van der Waals surface area contributed by atoms with Gasteiger partial charge in [-0.2, -0.15) is 0 Å². The molecule has 9 atom stereocenters. The largest absolute Gasteiger partial charge is 0.390 e. The summed E-state index contributed by atoms with van der Waals surface area (Å²) in [6.07, 6.45) is 0.570. The van der Waals surface area contributed by atoms with E-state index in [1.165, 1.54) is 19.1 Å². The molecule has 4 aliphatic rings. The van der Waals surface area contributed by atoms with Crippen LogP contribution in [0.3, 0.4) is 0 Å². The fourth-order valence-electron chi connectivity index (χ4n) is 8.11. The number of aliphatic hydroxyl groups is 1. The van der Waals surface area contributed by atoms with Gasteiger partial charge >= 0.3 is 0 Å². The van der Waals surface area contributed by atoms with Crippen LogP contribution in [0.1, 0.15) is 33.1 Å². The fraction of sp³-hybridized carbons (Fsp3) is 0.571. The molecule has 0 aromatic heterocycles. The highest BCUT2D eigenvalue weighted by Gasteiger charge is 2.73. The monoisotopic (exact) mass is 569 g/mol. The summed E-state index contributed by atoms with van der Waals surface area (Å²) in [5.41, 5.74) is -4.27. The quantitative estimate of drug-likeness (QED) is 0.431. The number of allylic oxidation sites excluding steroid dienone is 4. The lowest BCUT2D eigenvalue weighted by atomic mass is 9.45. The highest BCUT2D eigenvalue weighted by molar-refractivity contribution is 8.13. The minimum absolute atomic E-state index is 0.00888. The van der Waals surface area contributed by atoms with Crippen molar-refractivity contribution in [1.82, 2.24) is 0 Å². The Labute approximate surface area is 229 Å². The Morgan fingerprint density at radius 2 is 1.89 bits per heavy atom. The fourth-order valence-corrected chi connectivity index (χ4v) is 8.99. The number of halogens is 4. The van der Waals surface area contributed by atoms with Gasteiger partial charge in [0.2, 0.25) is 0 Å². The van der Waals surface area contributed by atoms with E-state index in [1.807, 2.05) is 0 Å².